The van der Waals surface area contributed by atoms with E-state index in [4.69, 9.17) is 0 Å². The van der Waals surface area contributed by atoms with Gasteiger partial charge in [0, 0.05) is 11.8 Å². The van der Waals surface area contributed by atoms with E-state index in [9.17, 15) is 13.2 Å². The Balaban J connectivity index is 2.41. The topological polar surface area (TPSA) is 34.1 Å². The predicted molar refractivity (Wildman–Crippen MR) is 64.8 cm³/mol. The van der Waals surface area contributed by atoms with Crippen molar-refractivity contribution in [2.45, 2.75) is 32.0 Å². The van der Waals surface area contributed by atoms with Gasteiger partial charge in [0.2, 0.25) is 0 Å². The quantitative estimate of drug-likeness (QED) is 0.815. The number of nitrogens with one attached hydrogen (secondary N) is 1. The molecule has 0 aromatic carbocycles. The van der Waals surface area contributed by atoms with Gasteiger partial charge in [0.05, 0.1) is 22.8 Å². The lowest BCUT2D eigenvalue weighted by Crippen LogP contribution is -2.33. The first-order chi connectivity index (χ1) is 8.24. The lowest BCUT2D eigenvalue weighted by atomic mass is 10.0. The molecule has 0 aliphatic heterocycles. The van der Waals surface area contributed by atoms with E-state index in [1.807, 2.05) is 26.3 Å². The molecule has 0 bridgehead atoms. The van der Waals surface area contributed by atoms with Crippen molar-refractivity contribution in [2.24, 2.45) is 0 Å². The minimum atomic E-state index is -4.26. The Morgan fingerprint density at radius 2 is 2.06 bits per heavy atom. The lowest BCUT2D eigenvalue weighted by molar-refractivity contribution is -0.173. The van der Waals surface area contributed by atoms with Crippen molar-refractivity contribution in [1.82, 2.24) is 10.3 Å². The van der Waals surface area contributed by atoms with Crippen molar-refractivity contribution in [3.05, 3.63) is 16.1 Å². The molecule has 1 aromatic heterocycles. The van der Waals surface area contributed by atoms with Crippen molar-refractivity contribution < 1.29 is 17.9 Å². The number of hydrogen-bond donors (Lipinski definition) is 1. The largest absolute Gasteiger partial charge is 0.411 e. The molecule has 0 spiro atoms. The standard InChI is InChI=1S/C11H17F3N2OS/c1-10(2,15-3)8-6-18-9(16-8)4-5-17-7-11(12,13)14/h6,15H,4-5,7H2,1-3H3. The molecule has 0 aliphatic rings. The van der Waals surface area contributed by atoms with Gasteiger partial charge in [0.25, 0.3) is 0 Å². The fraction of sp³-hybridized carbons (Fsp3) is 0.727. The first-order valence-electron chi connectivity index (χ1n) is 5.53. The average Bonchev–Trinajstić information content (AvgIpc) is 2.72. The van der Waals surface area contributed by atoms with E-state index < -0.39 is 12.8 Å². The summed E-state index contributed by atoms with van der Waals surface area (Å²) in [6, 6.07) is 0. The zero-order chi connectivity index (χ0) is 13.8. The molecule has 0 radical (unpaired) electrons. The fourth-order valence-corrected chi connectivity index (χ4v) is 2.14. The summed E-state index contributed by atoms with van der Waals surface area (Å²) in [7, 11) is 1.84. The number of nitrogens with zero attached hydrogens (tertiary/aromatic N) is 1. The van der Waals surface area contributed by atoms with E-state index in [1.54, 1.807) is 0 Å². The van der Waals surface area contributed by atoms with Crippen LogP contribution in [0.2, 0.25) is 0 Å². The summed E-state index contributed by atoms with van der Waals surface area (Å²) in [4.78, 5) is 4.38. The van der Waals surface area contributed by atoms with Crippen LogP contribution >= 0.6 is 11.3 Å². The number of ether oxygens (including phenoxy) is 1. The van der Waals surface area contributed by atoms with Gasteiger partial charge >= 0.3 is 6.18 Å². The number of hydrogen-bond acceptors (Lipinski definition) is 4. The van der Waals surface area contributed by atoms with Crippen LogP contribution in [-0.2, 0) is 16.7 Å². The van der Waals surface area contributed by atoms with Crippen LogP contribution in [0.25, 0.3) is 0 Å². The van der Waals surface area contributed by atoms with Gasteiger partial charge in [-0.2, -0.15) is 13.2 Å². The Labute approximate surface area is 108 Å². The van der Waals surface area contributed by atoms with E-state index in [1.165, 1.54) is 11.3 Å². The Morgan fingerprint density at radius 3 is 2.61 bits per heavy atom. The van der Waals surface area contributed by atoms with Crippen molar-refractivity contribution in [3.8, 4) is 0 Å². The molecule has 0 unspecified atom stereocenters. The smallest absolute Gasteiger partial charge is 0.372 e. The van der Waals surface area contributed by atoms with E-state index in [0.717, 1.165) is 10.7 Å². The molecule has 1 rings (SSSR count). The molecule has 18 heavy (non-hydrogen) atoms. The van der Waals surface area contributed by atoms with Crippen molar-refractivity contribution in [1.29, 1.82) is 0 Å². The molecule has 1 N–H and O–H groups in total. The zero-order valence-corrected chi connectivity index (χ0v) is 11.4. The molecule has 0 saturated carbocycles. The van der Waals surface area contributed by atoms with Crippen LogP contribution in [0, 0.1) is 0 Å². The highest BCUT2D eigenvalue weighted by Gasteiger charge is 2.27. The summed E-state index contributed by atoms with van der Waals surface area (Å²) in [5.41, 5.74) is 0.655. The zero-order valence-electron chi connectivity index (χ0n) is 10.6. The summed E-state index contributed by atoms with van der Waals surface area (Å²) in [6.07, 6.45) is -3.86. The predicted octanol–water partition coefficient (Wildman–Crippen LogP) is 2.72. The van der Waals surface area contributed by atoms with Crippen LogP contribution in [0.4, 0.5) is 13.2 Å². The second-order valence-electron chi connectivity index (χ2n) is 4.42. The van der Waals surface area contributed by atoms with Gasteiger partial charge in [-0.15, -0.1) is 11.3 Å². The van der Waals surface area contributed by atoms with E-state index in [2.05, 4.69) is 15.0 Å². The normalized spacial score (nSPS) is 13.0. The monoisotopic (exact) mass is 282 g/mol. The molecule has 0 fully saturated rings. The molecule has 3 nitrogen and oxygen atoms in total. The SMILES string of the molecule is CNC(C)(C)c1csc(CCOCC(F)(F)F)n1. The third kappa shape index (κ3) is 4.91. The summed E-state index contributed by atoms with van der Waals surface area (Å²) < 4.78 is 40.1. The summed E-state index contributed by atoms with van der Waals surface area (Å²) >= 11 is 1.44. The Morgan fingerprint density at radius 1 is 1.39 bits per heavy atom. The highest BCUT2D eigenvalue weighted by atomic mass is 32.1. The first-order valence-corrected chi connectivity index (χ1v) is 6.41. The molecule has 7 heteroatoms. The number of thiazole rings is 1. The van der Waals surface area contributed by atoms with Gasteiger partial charge in [0.1, 0.15) is 6.61 Å². The minimum absolute atomic E-state index is 0.0342. The Bertz CT molecular complexity index is 377. The van der Waals surface area contributed by atoms with Gasteiger partial charge in [-0.3, -0.25) is 0 Å². The van der Waals surface area contributed by atoms with Gasteiger partial charge in [-0.1, -0.05) is 0 Å². The summed E-state index contributed by atoms with van der Waals surface area (Å²) in [5, 5.41) is 5.82. The maximum atomic E-state index is 11.8. The van der Waals surface area contributed by atoms with Gasteiger partial charge in [-0.25, -0.2) is 4.98 Å². The van der Waals surface area contributed by atoms with Crippen LogP contribution in [0.15, 0.2) is 5.38 Å². The van der Waals surface area contributed by atoms with Crippen LogP contribution in [0.1, 0.15) is 24.5 Å². The highest BCUT2D eigenvalue weighted by molar-refractivity contribution is 7.09. The van der Waals surface area contributed by atoms with Crippen LogP contribution < -0.4 is 5.32 Å². The molecule has 0 aliphatic carbocycles. The maximum absolute atomic E-state index is 11.8. The fourth-order valence-electron chi connectivity index (χ4n) is 1.19. The van der Waals surface area contributed by atoms with Gasteiger partial charge in [0.15, 0.2) is 0 Å². The first kappa shape index (κ1) is 15.4. The highest BCUT2D eigenvalue weighted by Crippen LogP contribution is 2.22. The number of alkyl halides is 3. The van der Waals surface area contributed by atoms with Crippen molar-refractivity contribution in [3.63, 3.8) is 0 Å². The lowest BCUT2D eigenvalue weighted by Gasteiger charge is -2.21. The van der Waals surface area contributed by atoms with Crippen LogP contribution in [-0.4, -0.2) is 31.4 Å². The van der Waals surface area contributed by atoms with Crippen molar-refractivity contribution in [2.75, 3.05) is 20.3 Å². The molecule has 104 valence electrons. The number of halogens is 3. The maximum Gasteiger partial charge on any atom is 0.411 e. The molecular formula is C11H17F3N2OS. The van der Waals surface area contributed by atoms with Gasteiger partial charge in [-0.05, 0) is 20.9 Å². The summed E-state index contributed by atoms with van der Waals surface area (Å²) in [5.74, 6) is 0. The Kier molecular flexibility index (Phi) is 5.12. The van der Waals surface area contributed by atoms with E-state index >= 15 is 0 Å². The summed E-state index contributed by atoms with van der Waals surface area (Å²) in [6.45, 7) is 2.82. The third-order valence-corrected chi connectivity index (χ3v) is 3.45. The minimum Gasteiger partial charge on any atom is -0.372 e. The second-order valence-corrected chi connectivity index (χ2v) is 5.36. The molecule has 0 saturated heterocycles. The molecule has 0 atom stereocenters. The average molecular weight is 282 g/mol. The van der Waals surface area contributed by atoms with Crippen LogP contribution in [0.5, 0.6) is 0 Å². The van der Waals surface area contributed by atoms with Gasteiger partial charge < -0.3 is 10.1 Å². The van der Waals surface area contributed by atoms with E-state index in [0.29, 0.717) is 6.42 Å². The van der Waals surface area contributed by atoms with E-state index in [-0.39, 0.29) is 12.1 Å². The van der Waals surface area contributed by atoms with Crippen molar-refractivity contribution >= 4 is 11.3 Å². The van der Waals surface area contributed by atoms with Crippen LogP contribution in [0.3, 0.4) is 0 Å². The molecular weight excluding hydrogens is 265 g/mol. The third-order valence-electron chi connectivity index (χ3n) is 2.54. The number of aromatic nitrogens is 1. The molecule has 1 aromatic rings. The molecule has 1 heterocycles. The second kappa shape index (κ2) is 5.99. The molecule has 0 amide bonds. The number of rotatable bonds is 6. The Hall–Kier alpha value is -0.660.